The highest BCUT2D eigenvalue weighted by molar-refractivity contribution is 7.89. The number of nitrogens with one attached hydrogen (secondary N) is 1. The van der Waals surface area contributed by atoms with E-state index in [1.165, 1.54) is 0 Å². The summed E-state index contributed by atoms with van der Waals surface area (Å²) in [5, 5.41) is 0. The molecular weight excluding hydrogens is 362 g/mol. The van der Waals surface area contributed by atoms with Gasteiger partial charge < -0.3 is 9.47 Å². The highest BCUT2D eigenvalue weighted by Gasteiger charge is 2.25. The molecule has 6 heteroatoms. The number of methoxy groups -OCH3 is 2. The normalized spacial score (nSPS) is 12.9. The molecule has 0 amide bonds. The van der Waals surface area contributed by atoms with E-state index in [1.54, 1.807) is 40.2 Å². The van der Waals surface area contributed by atoms with E-state index < -0.39 is 10.0 Å². The predicted molar refractivity (Wildman–Crippen MR) is 108 cm³/mol. The Kier molecular flexibility index (Phi) is 6.89. The highest BCUT2D eigenvalue weighted by Crippen LogP contribution is 2.29. The molecule has 0 aromatic heterocycles. The average molecular weight is 392 g/mol. The Balaban J connectivity index is 2.41. The van der Waals surface area contributed by atoms with Crippen molar-refractivity contribution in [3.8, 4) is 11.5 Å². The van der Waals surface area contributed by atoms with E-state index in [1.807, 2.05) is 24.3 Å². The molecule has 0 heterocycles. The molecule has 0 saturated heterocycles. The molecule has 1 N–H and O–H groups in total. The van der Waals surface area contributed by atoms with Crippen LogP contribution in [0, 0.1) is 19.8 Å². The number of sulfonamides is 1. The van der Waals surface area contributed by atoms with Gasteiger partial charge in [0, 0.05) is 6.04 Å². The minimum atomic E-state index is -3.69. The van der Waals surface area contributed by atoms with Gasteiger partial charge in [0.2, 0.25) is 10.0 Å². The third-order valence-electron chi connectivity index (χ3n) is 4.46. The summed E-state index contributed by atoms with van der Waals surface area (Å²) in [6.07, 6.45) is 0.694. The van der Waals surface area contributed by atoms with Crippen LogP contribution >= 0.6 is 0 Å². The summed E-state index contributed by atoms with van der Waals surface area (Å²) in [5.74, 6) is 1.72. The first-order valence-electron chi connectivity index (χ1n) is 8.99. The second-order valence-corrected chi connectivity index (χ2v) is 8.82. The minimum absolute atomic E-state index is 0.311. The molecule has 0 unspecified atom stereocenters. The SMILES string of the molecule is COc1ccc([C@@H](CC(C)C)NS(=O)(=O)c2c(C)cc(OC)cc2C)cc1. The molecule has 1 atom stereocenters. The van der Waals surface area contributed by atoms with Crippen LogP contribution in [0.15, 0.2) is 41.3 Å². The molecule has 27 heavy (non-hydrogen) atoms. The van der Waals surface area contributed by atoms with Crippen molar-refractivity contribution in [2.24, 2.45) is 5.92 Å². The summed E-state index contributed by atoms with van der Waals surface area (Å²) in [6.45, 7) is 7.73. The molecule has 0 saturated carbocycles. The van der Waals surface area contributed by atoms with Crippen LogP contribution in [-0.4, -0.2) is 22.6 Å². The maximum atomic E-state index is 13.2. The smallest absolute Gasteiger partial charge is 0.241 e. The van der Waals surface area contributed by atoms with Gasteiger partial charge in [-0.05, 0) is 67.1 Å². The molecule has 0 aliphatic carbocycles. The van der Waals surface area contributed by atoms with Gasteiger partial charge in [0.1, 0.15) is 11.5 Å². The quantitative estimate of drug-likeness (QED) is 0.725. The fourth-order valence-electron chi connectivity index (χ4n) is 3.26. The number of hydrogen-bond acceptors (Lipinski definition) is 4. The lowest BCUT2D eigenvalue weighted by molar-refractivity contribution is 0.413. The van der Waals surface area contributed by atoms with Gasteiger partial charge in [-0.3, -0.25) is 0 Å². The first-order valence-corrected chi connectivity index (χ1v) is 10.5. The number of benzene rings is 2. The molecule has 5 nitrogen and oxygen atoms in total. The zero-order valence-corrected chi connectivity index (χ0v) is 17.7. The molecular formula is C21H29NO4S. The monoisotopic (exact) mass is 391 g/mol. The van der Waals surface area contributed by atoms with Crippen LogP contribution in [0.2, 0.25) is 0 Å². The summed E-state index contributed by atoms with van der Waals surface area (Å²) in [7, 11) is -0.510. The maximum absolute atomic E-state index is 13.2. The van der Waals surface area contributed by atoms with Crippen molar-refractivity contribution in [2.75, 3.05) is 14.2 Å². The Morgan fingerprint density at radius 1 is 0.926 bits per heavy atom. The summed E-state index contributed by atoms with van der Waals surface area (Å²) in [4.78, 5) is 0.311. The number of ether oxygens (including phenoxy) is 2. The summed E-state index contributed by atoms with van der Waals surface area (Å²) >= 11 is 0. The van der Waals surface area contributed by atoms with Crippen molar-refractivity contribution in [1.82, 2.24) is 4.72 Å². The van der Waals surface area contributed by atoms with E-state index in [4.69, 9.17) is 9.47 Å². The molecule has 148 valence electrons. The lowest BCUT2D eigenvalue weighted by atomic mass is 9.98. The molecule has 0 radical (unpaired) electrons. The minimum Gasteiger partial charge on any atom is -0.497 e. The van der Waals surface area contributed by atoms with Crippen LogP contribution in [0.25, 0.3) is 0 Å². The number of rotatable bonds is 8. The molecule has 0 fully saturated rings. The number of hydrogen-bond donors (Lipinski definition) is 1. The molecule has 0 bridgehead atoms. The van der Waals surface area contributed by atoms with Crippen molar-refractivity contribution in [2.45, 2.75) is 45.1 Å². The van der Waals surface area contributed by atoms with Crippen LogP contribution in [0.3, 0.4) is 0 Å². The standard InChI is InChI=1S/C21H29NO4S/c1-14(2)11-20(17-7-9-18(25-5)10-8-17)22-27(23,24)21-15(3)12-19(26-6)13-16(21)4/h7-10,12-14,20,22H,11H2,1-6H3/t20-/m1/s1. The van der Waals surface area contributed by atoms with Gasteiger partial charge in [-0.2, -0.15) is 0 Å². The Morgan fingerprint density at radius 3 is 1.89 bits per heavy atom. The second-order valence-electron chi connectivity index (χ2n) is 7.17. The second kappa shape index (κ2) is 8.76. The van der Waals surface area contributed by atoms with Crippen LogP contribution in [-0.2, 0) is 10.0 Å². The Morgan fingerprint density at radius 2 is 1.44 bits per heavy atom. The van der Waals surface area contributed by atoms with Crippen molar-refractivity contribution < 1.29 is 17.9 Å². The van der Waals surface area contributed by atoms with Gasteiger partial charge in [-0.25, -0.2) is 13.1 Å². The van der Waals surface area contributed by atoms with E-state index in [2.05, 4.69) is 18.6 Å². The van der Waals surface area contributed by atoms with Gasteiger partial charge in [-0.1, -0.05) is 26.0 Å². The number of aryl methyl sites for hydroxylation is 2. The van der Waals surface area contributed by atoms with Gasteiger partial charge >= 0.3 is 0 Å². The first-order chi connectivity index (χ1) is 12.7. The fraction of sp³-hybridized carbons (Fsp3) is 0.429. The Labute approximate surface area is 162 Å². The molecule has 0 aliphatic rings. The molecule has 0 aliphatic heterocycles. The van der Waals surface area contributed by atoms with Gasteiger partial charge in [0.25, 0.3) is 0 Å². The van der Waals surface area contributed by atoms with Crippen LogP contribution in [0.5, 0.6) is 11.5 Å². The zero-order chi connectivity index (χ0) is 20.2. The van der Waals surface area contributed by atoms with Gasteiger partial charge in [0.15, 0.2) is 0 Å². The lowest BCUT2D eigenvalue weighted by Crippen LogP contribution is -2.30. The van der Waals surface area contributed by atoms with E-state index in [9.17, 15) is 8.42 Å². The van der Waals surface area contributed by atoms with Crippen molar-refractivity contribution in [3.05, 3.63) is 53.1 Å². The summed E-state index contributed by atoms with van der Waals surface area (Å²) in [5.41, 5.74) is 2.24. The largest absolute Gasteiger partial charge is 0.497 e. The topological polar surface area (TPSA) is 64.6 Å². The Hall–Kier alpha value is -2.05. The lowest BCUT2D eigenvalue weighted by Gasteiger charge is -2.23. The van der Waals surface area contributed by atoms with Crippen LogP contribution in [0.1, 0.15) is 43.0 Å². The molecule has 2 aromatic carbocycles. The van der Waals surface area contributed by atoms with Crippen molar-refractivity contribution >= 4 is 10.0 Å². The van der Waals surface area contributed by atoms with Gasteiger partial charge in [-0.15, -0.1) is 0 Å². The summed E-state index contributed by atoms with van der Waals surface area (Å²) < 4.78 is 39.7. The van der Waals surface area contributed by atoms with Crippen molar-refractivity contribution in [1.29, 1.82) is 0 Å². The maximum Gasteiger partial charge on any atom is 0.241 e. The van der Waals surface area contributed by atoms with Crippen LogP contribution < -0.4 is 14.2 Å². The zero-order valence-electron chi connectivity index (χ0n) is 16.9. The highest BCUT2D eigenvalue weighted by atomic mass is 32.2. The predicted octanol–water partition coefficient (Wildman–Crippen LogP) is 4.39. The average Bonchev–Trinajstić information content (AvgIpc) is 2.59. The van der Waals surface area contributed by atoms with Crippen molar-refractivity contribution in [3.63, 3.8) is 0 Å². The third-order valence-corrected chi connectivity index (χ3v) is 6.24. The summed E-state index contributed by atoms with van der Waals surface area (Å²) in [6, 6.07) is 10.7. The van der Waals surface area contributed by atoms with Gasteiger partial charge in [0.05, 0.1) is 19.1 Å². The fourth-order valence-corrected chi connectivity index (χ4v) is 4.95. The molecule has 0 spiro atoms. The van der Waals surface area contributed by atoms with Crippen LogP contribution in [0.4, 0.5) is 0 Å². The first kappa shape index (κ1) is 21.3. The van der Waals surface area contributed by atoms with E-state index >= 15 is 0 Å². The van der Waals surface area contributed by atoms with E-state index in [-0.39, 0.29) is 6.04 Å². The van der Waals surface area contributed by atoms with E-state index in [0.29, 0.717) is 34.1 Å². The molecule has 2 rings (SSSR count). The Bertz CT molecular complexity index is 851. The third kappa shape index (κ3) is 5.23. The molecule has 2 aromatic rings. The van der Waals surface area contributed by atoms with E-state index in [0.717, 1.165) is 11.3 Å².